The van der Waals surface area contributed by atoms with Crippen LogP contribution in [-0.4, -0.2) is 42.8 Å². The number of rotatable bonds is 3. The fraction of sp³-hybridized carbons (Fsp3) is 1.00. The number of hydrogen-bond donors (Lipinski definition) is 1. The first-order valence-electron chi connectivity index (χ1n) is 7.73. The molecule has 0 aromatic rings. The Morgan fingerprint density at radius 2 is 2.06 bits per heavy atom. The van der Waals surface area contributed by atoms with E-state index in [0.29, 0.717) is 18.2 Å². The maximum absolute atomic E-state index is 6.43. The third kappa shape index (κ3) is 3.25. The van der Waals surface area contributed by atoms with E-state index in [0.717, 1.165) is 25.0 Å². The average molecular weight is 254 g/mol. The molecule has 2 N–H and O–H groups in total. The van der Waals surface area contributed by atoms with Gasteiger partial charge in [0, 0.05) is 25.2 Å². The Morgan fingerprint density at radius 1 is 1.28 bits per heavy atom. The summed E-state index contributed by atoms with van der Waals surface area (Å²) < 4.78 is 5.81. The molecule has 0 radical (unpaired) electrons. The number of likely N-dealkylation sites (tertiary alicyclic amines) is 1. The molecule has 1 saturated heterocycles. The molecule has 1 aliphatic carbocycles. The Bertz CT molecular complexity index is 245. The lowest BCUT2D eigenvalue weighted by Crippen LogP contribution is -2.58. The van der Waals surface area contributed by atoms with Gasteiger partial charge in [0.1, 0.15) is 0 Å². The summed E-state index contributed by atoms with van der Waals surface area (Å²) in [6, 6.07) is 0.925. The molecule has 3 nitrogen and oxygen atoms in total. The topological polar surface area (TPSA) is 38.5 Å². The Labute approximate surface area is 112 Å². The number of nitrogens with two attached hydrogens (primary N) is 1. The zero-order chi connectivity index (χ0) is 13.1. The summed E-state index contributed by atoms with van der Waals surface area (Å²) >= 11 is 0. The predicted molar refractivity (Wildman–Crippen MR) is 75.5 cm³/mol. The summed E-state index contributed by atoms with van der Waals surface area (Å²) in [6.45, 7) is 9.94. The van der Waals surface area contributed by atoms with Gasteiger partial charge in [-0.3, -0.25) is 4.90 Å². The Balaban J connectivity index is 1.96. The Kier molecular flexibility index (Phi) is 5.05. The molecular weight excluding hydrogens is 224 g/mol. The molecule has 2 aliphatic rings. The van der Waals surface area contributed by atoms with Crippen molar-refractivity contribution in [2.75, 3.05) is 19.7 Å². The first-order chi connectivity index (χ1) is 8.61. The maximum Gasteiger partial charge on any atom is 0.0702 e. The highest BCUT2D eigenvalue weighted by Gasteiger charge is 2.37. The van der Waals surface area contributed by atoms with Crippen molar-refractivity contribution in [3.8, 4) is 0 Å². The van der Waals surface area contributed by atoms with Crippen LogP contribution >= 0.6 is 0 Å². The van der Waals surface area contributed by atoms with Gasteiger partial charge >= 0.3 is 0 Å². The fourth-order valence-electron chi connectivity index (χ4n) is 4.14. The standard InChI is InChI=1S/C15H30N2O/c1-4-18-13-6-5-7-17(10-13)15-12(3)8-11(2)9-14(15)16/h11-15H,4-10,16H2,1-3H3. The van der Waals surface area contributed by atoms with E-state index in [4.69, 9.17) is 10.5 Å². The van der Waals surface area contributed by atoms with Crippen LogP contribution in [0.15, 0.2) is 0 Å². The molecule has 2 rings (SSSR count). The maximum atomic E-state index is 6.43. The van der Waals surface area contributed by atoms with Gasteiger partial charge in [0.05, 0.1) is 6.10 Å². The quantitative estimate of drug-likeness (QED) is 0.839. The lowest BCUT2D eigenvalue weighted by molar-refractivity contribution is -0.0290. The summed E-state index contributed by atoms with van der Waals surface area (Å²) in [5, 5.41) is 0. The summed E-state index contributed by atoms with van der Waals surface area (Å²) in [5.41, 5.74) is 6.43. The first kappa shape index (κ1) is 14.3. The van der Waals surface area contributed by atoms with Gasteiger partial charge in [-0.05, 0) is 51.0 Å². The van der Waals surface area contributed by atoms with Crippen molar-refractivity contribution < 1.29 is 4.74 Å². The van der Waals surface area contributed by atoms with Gasteiger partial charge in [0.2, 0.25) is 0 Å². The molecule has 1 saturated carbocycles. The molecule has 5 unspecified atom stereocenters. The second kappa shape index (κ2) is 6.36. The minimum atomic E-state index is 0.351. The van der Waals surface area contributed by atoms with Gasteiger partial charge in [0.15, 0.2) is 0 Å². The van der Waals surface area contributed by atoms with Gasteiger partial charge in [-0.1, -0.05) is 13.8 Å². The highest BCUT2D eigenvalue weighted by atomic mass is 16.5. The smallest absolute Gasteiger partial charge is 0.0702 e. The van der Waals surface area contributed by atoms with Gasteiger partial charge in [-0.15, -0.1) is 0 Å². The summed E-state index contributed by atoms with van der Waals surface area (Å²) in [6.07, 6.45) is 5.43. The average Bonchev–Trinajstić information content (AvgIpc) is 2.28. The lowest BCUT2D eigenvalue weighted by atomic mass is 9.75. The van der Waals surface area contributed by atoms with Crippen LogP contribution < -0.4 is 5.73 Å². The Hall–Kier alpha value is -0.120. The van der Waals surface area contributed by atoms with Crippen LogP contribution in [0.2, 0.25) is 0 Å². The number of piperidine rings is 1. The minimum Gasteiger partial charge on any atom is -0.377 e. The molecular formula is C15H30N2O. The van der Waals surface area contributed by atoms with E-state index >= 15 is 0 Å². The van der Waals surface area contributed by atoms with E-state index in [-0.39, 0.29) is 0 Å². The summed E-state index contributed by atoms with van der Waals surface area (Å²) in [5.74, 6) is 1.52. The molecule has 5 atom stereocenters. The van der Waals surface area contributed by atoms with Gasteiger partial charge in [-0.2, -0.15) is 0 Å². The predicted octanol–water partition coefficient (Wildman–Crippen LogP) is 2.25. The van der Waals surface area contributed by atoms with Crippen LogP contribution in [0, 0.1) is 11.8 Å². The second-order valence-electron chi connectivity index (χ2n) is 6.42. The van der Waals surface area contributed by atoms with Gasteiger partial charge in [-0.25, -0.2) is 0 Å². The molecule has 106 valence electrons. The van der Waals surface area contributed by atoms with E-state index in [2.05, 4.69) is 25.7 Å². The van der Waals surface area contributed by atoms with E-state index in [1.165, 1.54) is 32.2 Å². The zero-order valence-corrected chi connectivity index (χ0v) is 12.3. The molecule has 1 aliphatic heterocycles. The summed E-state index contributed by atoms with van der Waals surface area (Å²) in [4.78, 5) is 2.62. The molecule has 0 aromatic carbocycles. The third-order valence-corrected chi connectivity index (χ3v) is 4.70. The number of ether oxygens (including phenoxy) is 1. The zero-order valence-electron chi connectivity index (χ0n) is 12.3. The highest BCUT2D eigenvalue weighted by Crippen LogP contribution is 2.33. The van der Waals surface area contributed by atoms with E-state index in [1.807, 2.05) is 0 Å². The van der Waals surface area contributed by atoms with Crippen molar-refractivity contribution in [1.29, 1.82) is 0 Å². The monoisotopic (exact) mass is 254 g/mol. The number of hydrogen-bond acceptors (Lipinski definition) is 3. The van der Waals surface area contributed by atoms with Crippen molar-refractivity contribution in [2.45, 2.75) is 64.6 Å². The molecule has 3 heteroatoms. The molecule has 0 amide bonds. The highest BCUT2D eigenvalue weighted by molar-refractivity contribution is 4.94. The normalized spacial score (nSPS) is 43.0. The van der Waals surface area contributed by atoms with Crippen molar-refractivity contribution in [2.24, 2.45) is 17.6 Å². The van der Waals surface area contributed by atoms with Crippen molar-refractivity contribution in [3.63, 3.8) is 0 Å². The molecule has 1 heterocycles. The largest absolute Gasteiger partial charge is 0.377 e. The van der Waals surface area contributed by atoms with Crippen molar-refractivity contribution in [1.82, 2.24) is 4.90 Å². The summed E-state index contributed by atoms with van der Waals surface area (Å²) in [7, 11) is 0. The third-order valence-electron chi connectivity index (χ3n) is 4.70. The van der Waals surface area contributed by atoms with Crippen LogP contribution in [0.5, 0.6) is 0 Å². The van der Waals surface area contributed by atoms with Crippen LogP contribution in [0.4, 0.5) is 0 Å². The molecule has 2 fully saturated rings. The van der Waals surface area contributed by atoms with Crippen molar-refractivity contribution >= 4 is 0 Å². The van der Waals surface area contributed by atoms with Crippen LogP contribution in [0.3, 0.4) is 0 Å². The lowest BCUT2D eigenvalue weighted by Gasteiger charge is -2.47. The molecule has 18 heavy (non-hydrogen) atoms. The van der Waals surface area contributed by atoms with E-state index in [9.17, 15) is 0 Å². The van der Waals surface area contributed by atoms with Crippen LogP contribution in [-0.2, 0) is 4.74 Å². The number of nitrogens with zero attached hydrogens (tertiary/aromatic N) is 1. The van der Waals surface area contributed by atoms with Gasteiger partial charge in [0.25, 0.3) is 0 Å². The minimum absolute atomic E-state index is 0.351. The second-order valence-corrected chi connectivity index (χ2v) is 6.42. The fourth-order valence-corrected chi connectivity index (χ4v) is 4.14. The van der Waals surface area contributed by atoms with Crippen LogP contribution in [0.1, 0.15) is 46.5 Å². The van der Waals surface area contributed by atoms with E-state index < -0.39 is 0 Å². The molecule has 0 bridgehead atoms. The first-order valence-corrected chi connectivity index (χ1v) is 7.73. The molecule has 0 spiro atoms. The van der Waals surface area contributed by atoms with Crippen molar-refractivity contribution in [3.05, 3.63) is 0 Å². The Morgan fingerprint density at radius 3 is 2.72 bits per heavy atom. The van der Waals surface area contributed by atoms with Gasteiger partial charge < -0.3 is 10.5 Å². The SMILES string of the molecule is CCOC1CCCN(C2C(C)CC(C)CC2N)C1. The molecule has 0 aromatic heterocycles. The van der Waals surface area contributed by atoms with E-state index in [1.54, 1.807) is 0 Å². The van der Waals surface area contributed by atoms with Crippen LogP contribution in [0.25, 0.3) is 0 Å².